The molecule has 0 spiro atoms. The second kappa shape index (κ2) is 7.03. The van der Waals surface area contributed by atoms with Crippen LogP contribution in [0.3, 0.4) is 0 Å². The second-order valence-electron chi connectivity index (χ2n) is 5.65. The summed E-state index contributed by atoms with van der Waals surface area (Å²) >= 11 is 5.85. The van der Waals surface area contributed by atoms with Crippen molar-refractivity contribution in [2.24, 2.45) is 11.8 Å². The van der Waals surface area contributed by atoms with Gasteiger partial charge in [0.15, 0.2) is 12.3 Å². The van der Waals surface area contributed by atoms with Crippen LogP contribution in [0, 0.1) is 11.8 Å². The van der Waals surface area contributed by atoms with Crippen LogP contribution in [0.15, 0.2) is 11.6 Å². The van der Waals surface area contributed by atoms with Crippen molar-refractivity contribution >= 4 is 11.6 Å². The molecule has 2 aliphatic rings. The van der Waals surface area contributed by atoms with Gasteiger partial charge in [0.1, 0.15) is 0 Å². The first-order valence-electron chi connectivity index (χ1n) is 7.33. The number of hydrogen-bond donors (Lipinski definition) is 0. The average molecular weight is 293 g/mol. The summed E-state index contributed by atoms with van der Waals surface area (Å²) in [5.41, 5.74) is 0.677. The maximum absolute atomic E-state index is 14.2. The first-order chi connectivity index (χ1) is 9.17. The molecule has 19 heavy (non-hydrogen) atoms. The van der Waals surface area contributed by atoms with Gasteiger partial charge in [-0.3, -0.25) is 0 Å². The van der Waals surface area contributed by atoms with Crippen molar-refractivity contribution in [1.29, 1.82) is 0 Å². The topological polar surface area (TPSA) is 9.23 Å². The number of rotatable bonds is 4. The summed E-state index contributed by atoms with van der Waals surface area (Å²) in [6.07, 6.45) is 2.73. The molecule has 2 rings (SSSR count). The van der Waals surface area contributed by atoms with Crippen molar-refractivity contribution in [3.05, 3.63) is 11.6 Å². The summed E-state index contributed by atoms with van der Waals surface area (Å²) in [5.74, 6) is 1.44. The van der Waals surface area contributed by atoms with Crippen molar-refractivity contribution in [1.82, 2.24) is 0 Å². The van der Waals surface area contributed by atoms with Crippen molar-refractivity contribution in [2.45, 2.75) is 57.5 Å². The molecule has 0 N–H and O–H groups in total. The highest BCUT2D eigenvalue weighted by molar-refractivity contribution is 6.18. The molecule has 0 aromatic rings. The van der Waals surface area contributed by atoms with Gasteiger partial charge in [0.2, 0.25) is 0 Å². The molecule has 0 aromatic heterocycles. The molecular formula is C15H23ClF2O. The van der Waals surface area contributed by atoms with Gasteiger partial charge in [0, 0.05) is 12.5 Å². The Morgan fingerprint density at radius 2 is 1.95 bits per heavy atom. The van der Waals surface area contributed by atoms with E-state index in [1.807, 2.05) is 13.0 Å². The van der Waals surface area contributed by atoms with Gasteiger partial charge in [0.25, 0.3) is 0 Å². The van der Waals surface area contributed by atoms with Gasteiger partial charge >= 0.3 is 0 Å². The molecule has 0 heterocycles. The van der Waals surface area contributed by atoms with E-state index in [2.05, 4.69) is 0 Å². The average Bonchev–Trinajstić information content (AvgIpc) is 2.45. The second-order valence-corrected chi connectivity index (χ2v) is 5.96. The van der Waals surface area contributed by atoms with Gasteiger partial charge in [-0.2, -0.15) is 0 Å². The Bertz CT molecular complexity index is 313. The fraction of sp³-hybridized carbons (Fsp3) is 0.867. The van der Waals surface area contributed by atoms with E-state index in [-0.39, 0.29) is 5.92 Å². The summed E-state index contributed by atoms with van der Waals surface area (Å²) < 4.78 is 33.5. The van der Waals surface area contributed by atoms with E-state index < -0.39 is 18.4 Å². The number of allylic oxidation sites excluding steroid dienone is 1. The Labute approximate surface area is 119 Å². The van der Waals surface area contributed by atoms with Crippen molar-refractivity contribution in [2.75, 3.05) is 12.5 Å². The molecule has 0 saturated heterocycles. The Hall–Kier alpha value is -0.150. The Balaban J connectivity index is 1.97. The fourth-order valence-electron chi connectivity index (χ4n) is 3.28. The summed E-state index contributed by atoms with van der Waals surface area (Å²) in [6.45, 7) is 2.24. The van der Waals surface area contributed by atoms with Crippen molar-refractivity contribution in [3.63, 3.8) is 0 Å². The number of halogens is 3. The standard InChI is InChI=1S/C15H23ClF2O/c1-2-19-13-8-7-12(14(17)15(13)18)11-5-3-10(9-16)4-6-11/h7,10-11,13-15H,2-6,8-9H2,1H3/t10?,11?,13-,14?,15-/m0/s1. The van der Waals surface area contributed by atoms with E-state index in [1.54, 1.807) is 0 Å². The van der Waals surface area contributed by atoms with E-state index in [0.717, 1.165) is 25.7 Å². The first-order valence-corrected chi connectivity index (χ1v) is 7.86. The molecule has 0 aromatic carbocycles. The largest absolute Gasteiger partial charge is 0.375 e. The predicted octanol–water partition coefficient (Wildman–Crippen LogP) is 4.44. The lowest BCUT2D eigenvalue weighted by Gasteiger charge is -2.35. The van der Waals surface area contributed by atoms with E-state index >= 15 is 0 Å². The lowest BCUT2D eigenvalue weighted by atomic mass is 9.75. The molecule has 4 heteroatoms. The van der Waals surface area contributed by atoms with E-state index in [9.17, 15) is 8.78 Å². The molecule has 1 fully saturated rings. The number of alkyl halides is 3. The highest BCUT2D eigenvalue weighted by atomic mass is 35.5. The predicted molar refractivity (Wildman–Crippen MR) is 74.1 cm³/mol. The van der Waals surface area contributed by atoms with Gasteiger partial charge < -0.3 is 4.74 Å². The number of ether oxygens (including phenoxy) is 1. The Morgan fingerprint density at radius 1 is 1.26 bits per heavy atom. The SMILES string of the molecule is CCO[C@H]1CC=C(C2CCC(CCl)CC2)C(F)[C@H]1F. The van der Waals surface area contributed by atoms with Crippen LogP contribution in [0.4, 0.5) is 8.78 Å². The van der Waals surface area contributed by atoms with Crippen LogP contribution in [0.5, 0.6) is 0 Å². The zero-order chi connectivity index (χ0) is 13.8. The normalized spacial score (nSPS) is 40.0. The molecule has 2 aliphatic carbocycles. The molecule has 1 unspecified atom stereocenters. The van der Waals surface area contributed by atoms with Gasteiger partial charge in [-0.15, -0.1) is 11.6 Å². The third-order valence-corrected chi connectivity index (χ3v) is 4.89. The van der Waals surface area contributed by atoms with Gasteiger partial charge in [-0.1, -0.05) is 6.08 Å². The molecule has 0 radical (unpaired) electrons. The van der Waals surface area contributed by atoms with E-state index in [4.69, 9.17) is 16.3 Å². The van der Waals surface area contributed by atoms with Gasteiger partial charge in [0.05, 0.1) is 6.10 Å². The minimum absolute atomic E-state index is 0.204. The molecule has 0 aliphatic heterocycles. The lowest BCUT2D eigenvalue weighted by Crippen LogP contribution is -2.39. The maximum Gasteiger partial charge on any atom is 0.161 e. The van der Waals surface area contributed by atoms with Gasteiger partial charge in [-0.25, -0.2) is 8.78 Å². The van der Waals surface area contributed by atoms with Crippen molar-refractivity contribution < 1.29 is 13.5 Å². The number of hydrogen-bond acceptors (Lipinski definition) is 1. The Morgan fingerprint density at radius 3 is 2.53 bits per heavy atom. The summed E-state index contributed by atoms with van der Waals surface area (Å²) in [7, 11) is 0. The molecule has 0 amide bonds. The molecule has 3 atom stereocenters. The summed E-state index contributed by atoms with van der Waals surface area (Å²) in [6, 6.07) is 0. The fourth-order valence-corrected chi connectivity index (χ4v) is 3.59. The summed E-state index contributed by atoms with van der Waals surface area (Å²) in [4.78, 5) is 0. The van der Waals surface area contributed by atoms with Gasteiger partial charge in [-0.05, 0) is 56.4 Å². The zero-order valence-corrected chi connectivity index (χ0v) is 12.2. The first kappa shape index (κ1) is 15.2. The molecule has 0 bridgehead atoms. The highest BCUT2D eigenvalue weighted by Crippen LogP contribution is 2.39. The minimum Gasteiger partial charge on any atom is -0.375 e. The monoisotopic (exact) mass is 292 g/mol. The maximum atomic E-state index is 14.2. The van der Waals surface area contributed by atoms with E-state index in [1.165, 1.54) is 0 Å². The lowest BCUT2D eigenvalue weighted by molar-refractivity contribution is -0.0255. The molecule has 1 nitrogen and oxygen atoms in total. The smallest absolute Gasteiger partial charge is 0.161 e. The quantitative estimate of drug-likeness (QED) is 0.550. The third-order valence-electron chi connectivity index (χ3n) is 4.46. The minimum atomic E-state index is -1.51. The van der Waals surface area contributed by atoms with Crippen LogP contribution in [-0.2, 0) is 4.74 Å². The van der Waals surface area contributed by atoms with E-state index in [0.29, 0.717) is 30.4 Å². The van der Waals surface area contributed by atoms with Crippen LogP contribution >= 0.6 is 11.6 Å². The highest BCUT2D eigenvalue weighted by Gasteiger charge is 2.39. The molecule has 1 saturated carbocycles. The van der Waals surface area contributed by atoms with Crippen LogP contribution in [-0.4, -0.2) is 30.9 Å². The van der Waals surface area contributed by atoms with Crippen LogP contribution in [0.25, 0.3) is 0 Å². The third kappa shape index (κ3) is 3.49. The summed E-state index contributed by atoms with van der Waals surface area (Å²) in [5, 5.41) is 0. The van der Waals surface area contributed by atoms with Crippen LogP contribution in [0.1, 0.15) is 39.0 Å². The molecular weight excluding hydrogens is 270 g/mol. The molecule has 110 valence electrons. The van der Waals surface area contributed by atoms with Crippen molar-refractivity contribution in [3.8, 4) is 0 Å². The Kier molecular flexibility index (Phi) is 5.64. The van der Waals surface area contributed by atoms with Crippen LogP contribution in [0.2, 0.25) is 0 Å². The zero-order valence-electron chi connectivity index (χ0n) is 11.5. The van der Waals surface area contributed by atoms with Crippen LogP contribution < -0.4 is 0 Å².